The number of anilines is 1. The summed E-state index contributed by atoms with van der Waals surface area (Å²) in [5, 5.41) is 6.51. The van der Waals surface area contributed by atoms with Gasteiger partial charge in [0.2, 0.25) is 5.72 Å². The van der Waals surface area contributed by atoms with Crippen LogP contribution in [0, 0.1) is 0 Å². The zero-order valence-corrected chi connectivity index (χ0v) is 14.8. The summed E-state index contributed by atoms with van der Waals surface area (Å²) >= 11 is 6.22. The van der Waals surface area contributed by atoms with E-state index in [1.807, 2.05) is 42.6 Å². The molecule has 0 radical (unpaired) electrons. The Bertz CT molecular complexity index is 1060. The van der Waals surface area contributed by atoms with Crippen LogP contribution in [0.5, 0.6) is 5.75 Å². The standard InChI is InChI=1S/C21H17ClN2O/c1-20(2)16-11-14(22)8-9-17(16)24-21(20)12-23-19-15-6-4-3-5-13(15)7-10-18(19)25-21/h3-12,24H,1-2H3. The number of nitrogens with one attached hydrogen (secondary N) is 1. The van der Waals surface area contributed by atoms with Gasteiger partial charge in [-0.2, -0.15) is 0 Å². The third-order valence-electron chi connectivity index (χ3n) is 5.41. The number of hydrogen-bond donors (Lipinski definition) is 1. The van der Waals surface area contributed by atoms with E-state index in [2.05, 4.69) is 37.4 Å². The van der Waals surface area contributed by atoms with E-state index in [-0.39, 0.29) is 5.41 Å². The SMILES string of the molecule is CC1(C)c2cc(Cl)ccc2NC12C=Nc1c(ccc3ccccc13)O2. The third kappa shape index (κ3) is 1.90. The lowest BCUT2D eigenvalue weighted by Gasteiger charge is -2.40. The minimum atomic E-state index is -0.727. The largest absolute Gasteiger partial charge is 0.460 e. The second kappa shape index (κ2) is 4.77. The van der Waals surface area contributed by atoms with Gasteiger partial charge in [-0.05, 0) is 49.1 Å². The lowest BCUT2D eigenvalue weighted by Crippen LogP contribution is -2.56. The number of hydrogen-bond acceptors (Lipinski definition) is 3. The summed E-state index contributed by atoms with van der Waals surface area (Å²) in [6, 6.07) is 18.2. The number of halogens is 1. The Morgan fingerprint density at radius 1 is 1.04 bits per heavy atom. The third-order valence-corrected chi connectivity index (χ3v) is 5.65. The van der Waals surface area contributed by atoms with Gasteiger partial charge in [-0.15, -0.1) is 0 Å². The van der Waals surface area contributed by atoms with Gasteiger partial charge in [0.1, 0.15) is 11.4 Å². The molecule has 2 heterocycles. The topological polar surface area (TPSA) is 33.6 Å². The maximum atomic E-state index is 6.52. The van der Waals surface area contributed by atoms with Crippen LogP contribution in [0.25, 0.3) is 10.8 Å². The van der Waals surface area contributed by atoms with Crippen molar-refractivity contribution in [3.05, 3.63) is 65.2 Å². The lowest BCUT2D eigenvalue weighted by atomic mass is 9.78. The fraction of sp³-hybridized carbons (Fsp3) is 0.190. The predicted octanol–water partition coefficient (Wildman–Crippen LogP) is 5.69. The molecule has 0 saturated heterocycles. The van der Waals surface area contributed by atoms with Crippen LogP contribution >= 0.6 is 11.6 Å². The molecule has 124 valence electrons. The van der Waals surface area contributed by atoms with Crippen molar-refractivity contribution in [3.63, 3.8) is 0 Å². The normalized spacial score (nSPS) is 22.4. The highest BCUT2D eigenvalue weighted by molar-refractivity contribution is 6.30. The number of benzene rings is 3. The van der Waals surface area contributed by atoms with Crippen LogP contribution in [0.3, 0.4) is 0 Å². The highest BCUT2D eigenvalue weighted by atomic mass is 35.5. The minimum absolute atomic E-state index is 0.319. The lowest BCUT2D eigenvalue weighted by molar-refractivity contribution is 0.107. The maximum Gasteiger partial charge on any atom is 0.226 e. The first-order valence-electron chi connectivity index (χ1n) is 8.34. The van der Waals surface area contributed by atoms with Crippen molar-refractivity contribution in [2.75, 3.05) is 5.32 Å². The number of nitrogens with zero attached hydrogens (tertiary/aromatic N) is 1. The van der Waals surface area contributed by atoms with Gasteiger partial charge in [-0.3, -0.25) is 4.99 Å². The quantitative estimate of drug-likeness (QED) is 0.566. The van der Waals surface area contributed by atoms with E-state index in [4.69, 9.17) is 21.3 Å². The second-order valence-electron chi connectivity index (χ2n) is 7.17. The molecule has 4 heteroatoms. The van der Waals surface area contributed by atoms with Crippen LogP contribution in [0.15, 0.2) is 59.6 Å². The van der Waals surface area contributed by atoms with Gasteiger partial charge in [-0.25, -0.2) is 0 Å². The van der Waals surface area contributed by atoms with E-state index in [0.717, 1.165) is 38.5 Å². The Morgan fingerprint density at radius 3 is 2.76 bits per heavy atom. The summed E-state index contributed by atoms with van der Waals surface area (Å²) in [6.45, 7) is 4.31. The van der Waals surface area contributed by atoms with E-state index in [1.54, 1.807) is 0 Å². The summed E-state index contributed by atoms with van der Waals surface area (Å²) < 4.78 is 6.52. The molecule has 5 rings (SSSR count). The summed E-state index contributed by atoms with van der Waals surface area (Å²) in [6.07, 6.45) is 1.90. The average molecular weight is 349 g/mol. The predicted molar refractivity (Wildman–Crippen MR) is 104 cm³/mol. The molecule has 0 fully saturated rings. The van der Waals surface area contributed by atoms with Gasteiger partial charge >= 0.3 is 0 Å². The Labute approximate surface area is 151 Å². The molecular weight excluding hydrogens is 332 g/mol. The van der Waals surface area contributed by atoms with Gasteiger partial charge < -0.3 is 10.1 Å². The molecule has 1 N–H and O–H groups in total. The fourth-order valence-corrected chi connectivity index (χ4v) is 4.02. The van der Waals surface area contributed by atoms with Gasteiger partial charge in [-0.1, -0.05) is 41.9 Å². The Morgan fingerprint density at radius 2 is 1.88 bits per heavy atom. The molecule has 2 aliphatic rings. The zero-order chi connectivity index (χ0) is 17.2. The van der Waals surface area contributed by atoms with Crippen molar-refractivity contribution in [2.24, 2.45) is 4.99 Å². The summed E-state index contributed by atoms with van der Waals surface area (Å²) in [7, 11) is 0. The molecule has 1 unspecified atom stereocenters. The van der Waals surface area contributed by atoms with E-state index >= 15 is 0 Å². The first-order chi connectivity index (χ1) is 12.0. The van der Waals surface area contributed by atoms with Crippen molar-refractivity contribution in [1.29, 1.82) is 0 Å². The van der Waals surface area contributed by atoms with Crippen LogP contribution in [0.4, 0.5) is 11.4 Å². The van der Waals surface area contributed by atoms with Gasteiger partial charge in [0.05, 0.1) is 11.6 Å². The molecular formula is C21H17ClN2O. The Balaban J connectivity index is 1.67. The summed E-state index contributed by atoms with van der Waals surface area (Å²) in [5.41, 5.74) is 2.01. The van der Waals surface area contributed by atoms with Crippen molar-refractivity contribution >= 4 is 40.0 Å². The van der Waals surface area contributed by atoms with Crippen LogP contribution in [-0.2, 0) is 5.41 Å². The molecule has 0 saturated carbocycles. The van der Waals surface area contributed by atoms with Crippen LogP contribution in [0.2, 0.25) is 5.02 Å². The minimum Gasteiger partial charge on any atom is -0.460 e. The van der Waals surface area contributed by atoms with Crippen molar-refractivity contribution in [2.45, 2.75) is 25.0 Å². The first kappa shape index (κ1) is 14.8. The molecule has 0 bridgehead atoms. The van der Waals surface area contributed by atoms with Crippen molar-refractivity contribution < 1.29 is 4.74 Å². The van der Waals surface area contributed by atoms with Crippen LogP contribution in [-0.4, -0.2) is 11.9 Å². The fourth-order valence-electron chi connectivity index (χ4n) is 3.85. The number of fused-ring (bicyclic) bond motifs is 4. The molecule has 2 aliphatic heterocycles. The first-order valence-corrected chi connectivity index (χ1v) is 8.72. The molecule has 3 aromatic rings. The van der Waals surface area contributed by atoms with Gasteiger partial charge in [0.25, 0.3) is 0 Å². The van der Waals surface area contributed by atoms with Crippen molar-refractivity contribution in [3.8, 4) is 5.75 Å². The van der Waals surface area contributed by atoms with E-state index in [1.165, 1.54) is 0 Å². The number of aliphatic imine (C=N–C) groups is 1. The highest BCUT2D eigenvalue weighted by Crippen LogP contribution is 2.51. The highest BCUT2D eigenvalue weighted by Gasteiger charge is 2.55. The van der Waals surface area contributed by atoms with Gasteiger partial charge in [0.15, 0.2) is 0 Å². The van der Waals surface area contributed by atoms with E-state index in [0.29, 0.717) is 0 Å². The molecule has 25 heavy (non-hydrogen) atoms. The van der Waals surface area contributed by atoms with Crippen LogP contribution < -0.4 is 10.1 Å². The molecule has 3 nitrogen and oxygen atoms in total. The molecule has 1 atom stereocenters. The summed E-state index contributed by atoms with van der Waals surface area (Å²) in [4.78, 5) is 4.81. The Hall–Kier alpha value is -2.52. The number of ether oxygens (including phenoxy) is 1. The Kier molecular flexibility index (Phi) is 2.82. The van der Waals surface area contributed by atoms with Gasteiger partial charge in [0, 0.05) is 16.1 Å². The average Bonchev–Trinajstić information content (AvgIpc) is 2.82. The monoisotopic (exact) mass is 348 g/mol. The zero-order valence-electron chi connectivity index (χ0n) is 14.0. The van der Waals surface area contributed by atoms with E-state index in [9.17, 15) is 0 Å². The molecule has 0 amide bonds. The van der Waals surface area contributed by atoms with Crippen molar-refractivity contribution in [1.82, 2.24) is 0 Å². The molecule has 1 spiro atoms. The smallest absolute Gasteiger partial charge is 0.226 e. The summed E-state index contributed by atoms with van der Waals surface area (Å²) in [5.74, 6) is 0.792. The maximum absolute atomic E-state index is 6.52. The number of rotatable bonds is 0. The molecule has 0 aromatic heterocycles. The van der Waals surface area contributed by atoms with E-state index < -0.39 is 5.72 Å². The molecule has 0 aliphatic carbocycles. The molecule has 3 aromatic carbocycles. The second-order valence-corrected chi connectivity index (χ2v) is 7.61. The van der Waals surface area contributed by atoms with Crippen LogP contribution in [0.1, 0.15) is 19.4 Å².